The fourth-order valence-electron chi connectivity index (χ4n) is 8.47. The number of ether oxygens (including phenoxy) is 10. The summed E-state index contributed by atoms with van der Waals surface area (Å²) >= 11 is 0. The Morgan fingerprint density at radius 1 is 0.400 bits per heavy atom. The van der Waals surface area contributed by atoms with Crippen LogP contribution in [-0.4, -0.2) is 79.7 Å². The molecule has 0 aliphatic carbocycles. The minimum atomic E-state index is -1.14. The van der Waals surface area contributed by atoms with Gasteiger partial charge in [0.25, 0.3) is 0 Å². The molecule has 11 nitrogen and oxygen atoms in total. The Kier molecular flexibility index (Phi) is 15.8. The second-order valence-electron chi connectivity index (χ2n) is 16.4. The van der Waals surface area contributed by atoms with Crippen LogP contribution in [0.2, 0.25) is 0 Å². The average molecular weight is 881 g/mol. The van der Waals surface area contributed by atoms with E-state index in [1.54, 1.807) is 0 Å². The number of fused-ring (bicyclic) bond motifs is 1. The zero-order valence-electron chi connectivity index (χ0n) is 36.2. The first-order valence-corrected chi connectivity index (χ1v) is 22.4. The van der Waals surface area contributed by atoms with Gasteiger partial charge in [0, 0.05) is 5.56 Å². The van der Waals surface area contributed by atoms with Gasteiger partial charge in [-0.05, 0) is 27.8 Å². The molecule has 0 amide bonds. The fraction of sp³-hybridized carbons (Fsp3) is 0.333. The van der Waals surface area contributed by atoms with Crippen molar-refractivity contribution in [2.45, 2.75) is 101 Å². The number of aliphatic hydroxyl groups is 1. The van der Waals surface area contributed by atoms with E-state index in [0.717, 1.165) is 33.4 Å². The number of hydrogen-bond donors (Lipinski definition) is 1. The highest BCUT2D eigenvalue weighted by molar-refractivity contribution is 5.19. The molecule has 6 aromatic carbocycles. The smallest absolute Gasteiger partial charge is 0.190 e. The van der Waals surface area contributed by atoms with Gasteiger partial charge in [0.1, 0.15) is 48.8 Å². The van der Waals surface area contributed by atoms with Crippen LogP contribution < -0.4 is 0 Å². The molecule has 3 aliphatic heterocycles. The van der Waals surface area contributed by atoms with Crippen LogP contribution in [0, 0.1) is 0 Å². The lowest BCUT2D eigenvalue weighted by molar-refractivity contribution is -0.411. The number of benzene rings is 6. The molecule has 6 aromatic rings. The van der Waals surface area contributed by atoms with Crippen molar-refractivity contribution < 1.29 is 52.5 Å². The molecule has 0 saturated carbocycles. The first-order chi connectivity index (χ1) is 32.2. The molecule has 0 spiro atoms. The summed E-state index contributed by atoms with van der Waals surface area (Å²) < 4.78 is 68.0. The SMILES string of the molecule is OC[C@H]1O[C@H](O[C@H]2O[C@@H]3COC(c4ccccc4)O[C@H]3[C@H](OCc3ccccc3)[C@H]2OCc2ccccc2)[C@H](OCc2ccccc2)[C@@H](OCc2ccccc2)[C@@H]1OCc1ccccc1. The van der Waals surface area contributed by atoms with Crippen LogP contribution in [0.3, 0.4) is 0 Å². The van der Waals surface area contributed by atoms with E-state index < -0.39 is 67.7 Å². The van der Waals surface area contributed by atoms with Gasteiger partial charge in [-0.1, -0.05) is 182 Å². The maximum Gasteiger partial charge on any atom is 0.190 e. The Morgan fingerprint density at radius 2 is 0.769 bits per heavy atom. The maximum atomic E-state index is 11.1. The monoisotopic (exact) mass is 880 g/mol. The standard InChI is InChI=1S/C54H56O11/c55-31-44-46(56-32-38-19-7-1-8-20-38)48(57-33-39-21-9-2-10-22-39)50(59-35-41-25-13-4-14-26-41)53(62-44)65-54-51(60-36-42-27-15-5-16-28-42)49(58-34-40-23-11-3-12-24-40)47-45(63-54)37-61-52(64-47)43-29-17-6-18-30-43/h1-30,44-55H,31-37H2/t44-,45-,46-,47-,48+,49+,50-,51-,52?,53-,54-/m1/s1. The highest BCUT2D eigenvalue weighted by Gasteiger charge is 2.55. The van der Waals surface area contributed by atoms with E-state index in [9.17, 15) is 5.11 Å². The van der Waals surface area contributed by atoms with Gasteiger partial charge in [0.2, 0.25) is 0 Å². The molecule has 11 atom stereocenters. The van der Waals surface area contributed by atoms with Gasteiger partial charge in [-0.3, -0.25) is 0 Å². The third-order valence-corrected chi connectivity index (χ3v) is 11.8. The largest absolute Gasteiger partial charge is 0.394 e. The molecular weight excluding hydrogens is 825 g/mol. The van der Waals surface area contributed by atoms with Gasteiger partial charge in [0.15, 0.2) is 18.9 Å². The van der Waals surface area contributed by atoms with Crippen molar-refractivity contribution in [1.29, 1.82) is 0 Å². The molecule has 11 heteroatoms. The zero-order valence-corrected chi connectivity index (χ0v) is 36.2. The molecule has 3 saturated heterocycles. The molecule has 3 aliphatic rings. The Bertz CT molecular complexity index is 2150. The van der Waals surface area contributed by atoms with Crippen molar-refractivity contribution in [3.05, 3.63) is 215 Å². The molecule has 1 unspecified atom stereocenters. The van der Waals surface area contributed by atoms with E-state index in [2.05, 4.69) is 0 Å². The molecule has 3 heterocycles. The predicted molar refractivity (Wildman–Crippen MR) is 241 cm³/mol. The van der Waals surface area contributed by atoms with Gasteiger partial charge >= 0.3 is 0 Å². The molecule has 65 heavy (non-hydrogen) atoms. The van der Waals surface area contributed by atoms with Gasteiger partial charge in [-0.15, -0.1) is 0 Å². The molecule has 0 aromatic heterocycles. The Labute approximate surface area is 380 Å². The van der Waals surface area contributed by atoms with E-state index in [0.29, 0.717) is 0 Å². The van der Waals surface area contributed by atoms with Crippen LogP contribution in [-0.2, 0) is 80.4 Å². The first-order valence-electron chi connectivity index (χ1n) is 22.4. The number of rotatable bonds is 19. The van der Waals surface area contributed by atoms with E-state index >= 15 is 0 Å². The normalized spacial score (nSPS) is 27.7. The minimum Gasteiger partial charge on any atom is -0.394 e. The van der Waals surface area contributed by atoms with Crippen molar-refractivity contribution in [1.82, 2.24) is 0 Å². The summed E-state index contributed by atoms with van der Waals surface area (Å²) in [5.74, 6) is 0. The summed E-state index contributed by atoms with van der Waals surface area (Å²) in [5, 5.41) is 11.1. The average Bonchev–Trinajstić information content (AvgIpc) is 3.37. The van der Waals surface area contributed by atoms with E-state index in [4.69, 9.17) is 47.4 Å². The van der Waals surface area contributed by atoms with Gasteiger partial charge in [-0.25, -0.2) is 0 Å². The summed E-state index contributed by atoms with van der Waals surface area (Å²) in [6.07, 6.45) is -8.98. The van der Waals surface area contributed by atoms with Crippen molar-refractivity contribution in [3.63, 3.8) is 0 Å². The van der Waals surface area contributed by atoms with Crippen molar-refractivity contribution in [2.24, 2.45) is 0 Å². The molecule has 1 N–H and O–H groups in total. The van der Waals surface area contributed by atoms with Crippen LogP contribution in [0.4, 0.5) is 0 Å². The summed E-state index contributed by atoms with van der Waals surface area (Å²) in [6, 6.07) is 59.4. The molecule has 0 bridgehead atoms. The third-order valence-electron chi connectivity index (χ3n) is 11.8. The molecule has 9 rings (SSSR count). The van der Waals surface area contributed by atoms with Crippen LogP contribution >= 0.6 is 0 Å². The van der Waals surface area contributed by atoms with Crippen LogP contribution in [0.5, 0.6) is 0 Å². The van der Waals surface area contributed by atoms with Crippen LogP contribution in [0.15, 0.2) is 182 Å². The second kappa shape index (κ2) is 22.9. The Hall–Kier alpha value is -5.12. The molecule has 3 fully saturated rings. The molecular formula is C54H56O11. The molecule has 0 radical (unpaired) electrons. The van der Waals surface area contributed by atoms with Gasteiger partial charge < -0.3 is 52.5 Å². The number of aliphatic hydroxyl groups excluding tert-OH is 1. The van der Waals surface area contributed by atoms with E-state index in [1.807, 2.05) is 182 Å². The zero-order chi connectivity index (χ0) is 44.0. The van der Waals surface area contributed by atoms with Crippen molar-refractivity contribution >= 4 is 0 Å². The Morgan fingerprint density at radius 3 is 1.22 bits per heavy atom. The lowest BCUT2D eigenvalue weighted by Gasteiger charge is -2.51. The number of hydrogen-bond acceptors (Lipinski definition) is 11. The summed E-state index contributed by atoms with van der Waals surface area (Å²) in [4.78, 5) is 0. The second-order valence-corrected chi connectivity index (χ2v) is 16.4. The van der Waals surface area contributed by atoms with Crippen molar-refractivity contribution in [2.75, 3.05) is 13.2 Å². The predicted octanol–water partition coefficient (Wildman–Crippen LogP) is 8.49. The van der Waals surface area contributed by atoms with Crippen molar-refractivity contribution in [3.8, 4) is 0 Å². The van der Waals surface area contributed by atoms with Crippen LogP contribution in [0.1, 0.15) is 39.7 Å². The summed E-state index contributed by atoms with van der Waals surface area (Å²) in [7, 11) is 0. The quantitative estimate of drug-likeness (QED) is 0.0846. The summed E-state index contributed by atoms with van der Waals surface area (Å²) in [5.41, 5.74) is 5.68. The van der Waals surface area contributed by atoms with Gasteiger partial charge in [-0.2, -0.15) is 0 Å². The highest BCUT2D eigenvalue weighted by atomic mass is 16.8. The maximum absolute atomic E-state index is 11.1. The Balaban J connectivity index is 1.06. The molecule has 338 valence electrons. The lowest BCUT2D eigenvalue weighted by atomic mass is 9.96. The fourth-order valence-corrected chi connectivity index (χ4v) is 8.47. The summed E-state index contributed by atoms with van der Waals surface area (Å²) in [6.45, 7) is 1.02. The minimum absolute atomic E-state index is 0.192. The third kappa shape index (κ3) is 11.8. The first kappa shape index (κ1) is 45.1. The van der Waals surface area contributed by atoms with Gasteiger partial charge in [0.05, 0.1) is 46.2 Å². The van der Waals surface area contributed by atoms with Crippen LogP contribution in [0.25, 0.3) is 0 Å². The van der Waals surface area contributed by atoms with E-state index in [-0.39, 0.29) is 46.2 Å². The topological polar surface area (TPSA) is 113 Å². The highest BCUT2D eigenvalue weighted by Crippen LogP contribution is 2.40. The van der Waals surface area contributed by atoms with E-state index in [1.165, 1.54) is 0 Å². The lowest BCUT2D eigenvalue weighted by Crippen LogP contribution is -2.66.